The third-order valence-corrected chi connectivity index (χ3v) is 5.78. The summed E-state index contributed by atoms with van der Waals surface area (Å²) in [7, 11) is 4.08. The van der Waals surface area contributed by atoms with Crippen molar-refractivity contribution in [2.24, 2.45) is 0 Å². The Morgan fingerprint density at radius 1 is 1.16 bits per heavy atom. The number of morpholine rings is 1. The number of hydrogen-bond donors (Lipinski definition) is 1. The summed E-state index contributed by atoms with van der Waals surface area (Å²) in [5, 5.41) is 1.06. The van der Waals surface area contributed by atoms with Gasteiger partial charge in [-0.1, -0.05) is 25.1 Å². The quantitative estimate of drug-likeness (QED) is 0.438. The molecule has 0 amide bonds. The van der Waals surface area contributed by atoms with Crippen LogP contribution in [0.15, 0.2) is 52.9 Å². The molecular formula is C25H31ClN2O3S. The van der Waals surface area contributed by atoms with Gasteiger partial charge in [0.1, 0.15) is 22.5 Å². The summed E-state index contributed by atoms with van der Waals surface area (Å²) in [4.78, 5) is 4.37. The van der Waals surface area contributed by atoms with Gasteiger partial charge in [0, 0.05) is 44.3 Å². The first kappa shape index (κ1) is 24.5. The molecule has 7 heteroatoms. The number of nitrogens with zero attached hydrogens (tertiary/aromatic N) is 2. The zero-order chi connectivity index (χ0) is 21.8. The molecule has 2 heterocycles. The normalized spacial score (nSPS) is 17.9. The molecule has 4 rings (SSSR count). The van der Waals surface area contributed by atoms with Crippen molar-refractivity contribution >= 4 is 53.8 Å². The van der Waals surface area contributed by atoms with Crippen LogP contribution < -0.4 is 9.64 Å². The number of rotatable bonds is 7. The fraction of sp³-hybridized carbons (Fsp3) is 0.360. The summed E-state index contributed by atoms with van der Waals surface area (Å²) < 4.78 is 17.9. The van der Waals surface area contributed by atoms with Gasteiger partial charge in [-0.2, -0.15) is 0 Å². The van der Waals surface area contributed by atoms with E-state index >= 15 is 0 Å². The second-order valence-corrected chi connectivity index (χ2v) is 8.54. The van der Waals surface area contributed by atoms with E-state index in [1.165, 1.54) is 5.69 Å². The van der Waals surface area contributed by atoms with E-state index < -0.39 is 0 Å². The topological polar surface area (TPSA) is 38.1 Å². The fourth-order valence-electron chi connectivity index (χ4n) is 3.73. The molecule has 1 aliphatic rings. The average molecular weight is 475 g/mol. The molecule has 0 aliphatic carbocycles. The van der Waals surface area contributed by atoms with Crippen LogP contribution in [0.3, 0.4) is 0 Å². The van der Waals surface area contributed by atoms with Gasteiger partial charge in [0.15, 0.2) is 6.23 Å². The molecule has 0 saturated carbocycles. The fourth-order valence-corrected chi connectivity index (χ4v) is 4.05. The molecule has 1 aromatic heterocycles. The molecular weight excluding hydrogens is 444 g/mol. The molecule has 2 aromatic carbocycles. The summed E-state index contributed by atoms with van der Waals surface area (Å²) in [6.07, 6.45) is 4.95. The lowest BCUT2D eigenvalue weighted by Gasteiger charge is -2.36. The van der Waals surface area contributed by atoms with Gasteiger partial charge in [0.05, 0.1) is 6.61 Å². The van der Waals surface area contributed by atoms with Crippen molar-refractivity contribution in [1.82, 2.24) is 4.90 Å². The van der Waals surface area contributed by atoms with Gasteiger partial charge in [0.25, 0.3) is 0 Å². The third kappa shape index (κ3) is 6.01. The first-order valence-electron chi connectivity index (χ1n) is 10.7. The van der Waals surface area contributed by atoms with Crippen LogP contribution in [0.2, 0.25) is 0 Å². The molecule has 0 N–H and O–H groups in total. The summed E-state index contributed by atoms with van der Waals surface area (Å²) in [6.45, 7) is 4.42. The lowest BCUT2D eigenvalue weighted by Crippen LogP contribution is -2.48. The Kier molecular flexibility index (Phi) is 8.54. The summed E-state index contributed by atoms with van der Waals surface area (Å²) in [6, 6.07) is 16.5. The molecule has 172 valence electrons. The van der Waals surface area contributed by atoms with Crippen molar-refractivity contribution in [3.05, 3.63) is 59.9 Å². The van der Waals surface area contributed by atoms with Gasteiger partial charge in [-0.3, -0.25) is 4.90 Å². The second kappa shape index (κ2) is 11.1. The van der Waals surface area contributed by atoms with Gasteiger partial charge >= 0.3 is 0 Å². The molecule has 0 radical (unpaired) electrons. The van der Waals surface area contributed by atoms with Crippen LogP contribution in [-0.2, 0) is 4.74 Å². The molecule has 3 aromatic rings. The zero-order valence-electron chi connectivity index (χ0n) is 18.7. The highest BCUT2D eigenvalue weighted by Crippen LogP contribution is 2.27. The Labute approximate surface area is 201 Å². The number of hydrogen-bond acceptors (Lipinski definition) is 6. The Hall–Kier alpha value is -2.12. The summed E-state index contributed by atoms with van der Waals surface area (Å²) >= 11 is 4.45. The molecule has 1 fully saturated rings. The summed E-state index contributed by atoms with van der Waals surface area (Å²) in [5.41, 5.74) is 3.08. The number of thiol groups is 1. The van der Waals surface area contributed by atoms with E-state index in [0.29, 0.717) is 6.61 Å². The van der Waals surface area contributed by atoms with E-state index in [0.717, 1.165) is 47.6 Å². The molecule has 2 unspecified atom stereocenters. The number of furan rings is 1. The number of anilines is 1. The minimum Gasteiger partial charge on any atom is -0.475 e. The van der Waals surface area contributed by atoms with E-state index in [1.54, 1.807) is 0 Å². The molecule has 5 nitrogen and oxygen atoms in total. The van der Waals surface area contributed by atoms with Gasteiger partial charge in [0.2, 0.25) is 0 Å². The first-order chi connectivity index (χ1) is 15.0. The Balaban J connectivity index is 0.00000289. The monoisotopic (exact) mass is 474 g/mol. The maximum Gasteiger partial charge on any atom is 0.152 e. The lowest BCUT2D eigenvalue weighted by molar-refractivity contribution is -0.0569. The minimum atomic E-state index is -0.0626. The predicted molar refractivity (Wildman–Crippen MR) is 138 cm³/mol. The van der Waals surface area contributed by atoms with Crippen molar-refractivity contribution in [2.75, 3.05) is 38.7 Å². The van der Waals surface area contributed by atoms with Crippen molar-refractivity contribution < 1.29 is 13.9 Å². The number of halogens is 1. The van der Waals surface area contributed by atoms with Crippen molar-refractivity contribution in [1.29, 1.82) is 0 Å². The smallest absolute Gasteiger partial charge is 0.152 e. The predicted octanol–water partition coefficient (Wildman–Crippen LogP) is 5.79. The number of benzene rings is 2. The van der Waals surface area contributed by atoms with Crippen molar-refractivity contribution in [3.8, 4) is 5.75 Å². The van der Waals surface area contributed by atoms with Gasteiger partial charge in [-0.05, 0) is 48.4 Å². The number of ether oxygens (including phenoxy) is 2. The minimum absolute atomic E-state index is 0. The van der Waals surface area contributed by atoms with E-state index in [4.69, 9.17) is 13.9 Å². The zero-order valence-corrected chi connectivity index (χ0v) is 20.4. The third-order valence-electron chi connectivity index (χ3n) is 5.47. The maximum atomic E-state index is 6.28. The van der Waals surface area contributed by atoms with Crippen molar-refractivity contribution in [2.45, 2.75) is 25.0 Å². The first-order valence-corrected chi connectivity index (χ1v) is 11.2. The molecule has 32 heavy (non-hydrogen) atoms. The van der Waals surface area contributed by atoms with E-state index in [-0.39, 0.29) is 24.1 Å². The van der Waals surface area contributed by atoms with Crippen LogP contribution >= 0.6 is 25.0 Å². The summed E-state index contributed by atoms with van der Waals surface area (Å²) in [5.74, 6) is 1.63. The highest BCUT2D eigenvalue weighted by Gasteiger charge is 2.25. The highest BCUT2D eigenvalue weighted by atomic mass is 35.5. The standard InChI is InChI=1S/C25H30N2O3S.ClH/c1-4-24(27-13-14-28-25(31)17-27)30-22-12-8-19-15-21(29-23(19)16-22)11-7-18-5-9-20(10-6-18)26(2)3;/h5-12,15-16,24-25,31H,4,13-14,17H2,1-3H3;1H/b11-7+;. The molecule has 1 saturated heterocycles. The van der Waals surface area contributed by atoms with Crippen LogP contribution in [-0.4, -0.2) is 50.4 Å². The Morgan fingerprint density at radius 3 is 2.62 bits per heavy atom. The Morgan fingerprint density at radius 2 is 1.94 bits per heavy atom. The van der Waals surface area contributed by atoms with Gasteiger partial charge < -0.3 is 18.8 Å². The molecule has 1 aliphatic heterocycles. The maximum absolute atomic E-state index is 6.28. The largest absolute Gasteiger partial charge is 0.475 e. The van der Waals surface area contributed by atoms with E-state index in [1.807, 2.05) is 38.4 Å². The van der Waals surface area contributed by atoms with Gasteiger partial charge in [-0.15, -0.1) is 25.0 Å². The van der Waals surface area contributed by atoms with Crippen LogP contribution in [0, 0.1) is 0 Å². The number of fused-ring (bicyclic) bond motifs is 1. The molecule has 0 spiro atoms. The van der Waals surface area contributed by atoms with E-state index in [9.17, 15) is 0 Å². The van der Waals surface area contributed by atoms with Crippen LogP contribution in [0.1, 0.15) is 24.7 Å². The SMILES string of the molecule is CCC(Oc1ccc2cc(/C=C/c3ccc(N(C)C)cc3)oc2c1)N1CCOC(S)C1.Cl. The second-order valence-electron chi connectivity index (χ2n) is 7.97. The lowest BCUT2D eigenvalue weighted by atomic mass is 10.1. The molecule has 0 bridgehead atoms. The van der Waals surface area contributed by atoms with Gasteiger partial charge in [-0.25, -0.2) is 0 Å². The molecule has 2 atom stereocenters. The Bertz CT molecular complexity index is 1040. The van der Waals surface area contributed by atoms with Crippen LogP contribution in [0.5, 0.6) is 5.75 Å². The van der Waals surface area contributed by atoms with E-state index in [2.05, 4.69) is 65.8 Å². The van der Waals surface area contributed by atoms with Crippen LogP contribution in [0.4, 0.5) is 5.69 Å². The van der Waals surface area contributed by atoms with Crippen molar-refractivity contribution in [3.63, 3.8) is 0 Å². The highest BCUT2D eigenvalue weighted by molar-refractivity contribution is 7.80. The van der Waals surface area contributed by atoms with Crippen LogP contribution in [0.25, 0.3) is 23.1 Å². The average Bonchev–Trinajstić information content (AvgIpc) is 3.18.